The summed E-state index contributed by atoms with van der Waals surface area (Å²) in [7, 11) is 0. The molecule has 0 saturated carbocycles. The fraction of sp³-hybridized carbons (Fsp3) is 1.00. The quantitative estimate of drug-likeness (QED) is 0.117. The molecule has 0 aromatic heterocycles. The van der Waals surface area contributed by atoms with Crippen LogP contribution < -0.4 is 70.7 Å². The van der Waals surface area contributed by atoms with Gasteiger partial charge in [0.15, 0.2) is 0 Å². The molecule has 0 unspecified atom stereocenters. The molecule has 0 atom stereocenters. The number of hydrogen-bond donors (Lipinski definition) is 12. The van der Waals surface area contributed by atoms with Crippen molar-refractivity contribution in [1.82, 2.24) is 12.3 Å². The van der Waals surface area contributed by atoms with Crippen LogP contribution in [-0.2, 0) is 0 Å². The van der Waals surface area contributed by atoms with Gasteiger partial charge >= 0.3 is 0 Å². The van der Waals surface area contributed by atoms with Crippen LogP contribution in [0.25, 0.3) is 6.15 Å². The van der Waals surface area contributed by atoms with Crippen LogP contribution in [0, 0.1) is 31.1 Å². The van der Waals surface area contributed by atoms with Crippen LogP contribution in [0.5, 0.6) is 0 Å². The largest absolute Gasteiger partial charge is 0.693 e. The van der Waals surface area contributed by atoms with E-state index < -0.39 is 0 Å². The van der Waals surface area contributed by atoms with E-state index in [1.807, 2.05) is 13.8 Å². The molecule has 0 spiro atoms. The minimum atomic E-state index is 0. The van der Waals surface area contributed by atoms with Crippen LogP contribution in [0.3, 0.4) is 0 Å². The Morgan fingerprint density at radius 3 is 0.471 bits per heavy atom. The Balaban J connectivity index is -0.00000000267. The first-order valence-electron chi connectivity index (χ1n) is 2.67. The maximum absolute atomic E-state index is 4.00. The average molecular weight is 494 g/mol. The Kier molecular flexibility index (Phi) is 93100. The number of hydrazine groups is 5. The second-order valence-corrected chi connectivity index (χ2v) is 0. The molecule has 0 aromatic carbocycles. The maximum atomic E-state index is 4.00. The summed E-state index contributed by atoms with van der Waals surface area (Å²) in [6.45, 7) is 4.00. The van der Waals surface area contributed by atoms with E-state index in [0.717, 1.165) is 0 Å². The standard InChI is InChI=1S/C2H6.CH4.5H4N2.2H3N.H2N.U/c1-2;;5*1-2;;;;/h1-2H3;1H4;5*1-2H2;2*1H3;1H2;/q;;;;;;;;;-1;. The predicted octanol–water partition coefficient (Wildman–Crippen LogP) is -3.20. The van der Waals surface area contributed by atoms with Crippen LogP contribution in [0.4, 0.5) is 0 Å². The smallest absolute Gasteiger partial charge is 0 e. The second kappa shape index (κ2) is 14100. The van der Waals surface area contributed by atoms with Gasteiger partial charge in [0, 0.05) is 31.1 Å². The van der Waals surface area contributed by atoms with Gasteiger partial charge in [0.1, 0.15) is 0 Å². The van der Waals surface area contributed by atoms with Gasteiger partial charge in [0.05, 0.1) is 0 Å². The van der Waals surface area contributed by atoms with Crippen molar-refractivity contribution in [3.63, 3.8) is 0 Å². The van der Waals surface area contributed by atoms with Gasteiger partial charge in [-0.2, -0.15) is 0 Å². The van der Waals surface area contributed by atoms with Gasteiger partial charge in [0.25, 0.3) is 0 Å². The van der Waals surface area contributed by atoms with Crippen molar-refractivity contribution in [2.45, 2.75) is 21.3 Å². The van der Waals surface area contributed by atoms with Gasteiger partial charge in [-0.05, 0) is 0 Å². The normalized spacial score (nSPS) is 2.12. The van der Waals surface area contributed by atoms with Crippen molar-refractivity contribution in [3.8, 4) is 0 Å². The van der Waals surface area contributed by atoms with Gasteiger partial charge in [0.2, 0.25) is 0 Å². The molecule has 0 bridgehead atoms. The van der Waals surface area contributed by atoms with Crippen molar-refractivity contribution >= 4 is 0 Å². The molecular weight excluding hydrogens is 456 g/mol. The van der Waals surface area contributed by atoms with Gasteiger partial charge < -0.3 is 18.5 Å². The molecule has 0 aromatic rings. The van der Waals surface area contributed by atoms with Crippen molar-refractivity contribution in [2.24, 2.45) is 58.4 Å². The van der Waals surface area contributed by atoms with Gasteiger partial charge in [-0.3, -0.25) is 58.4 Å². The SMILES string of the molecule is C.CC.N.N.NN.NN.NN.NN.NN.[NH2-].[U]. The first kappa shape index (κ1) is 112. The van der Waals surface area contributed by atoms with E-state index in [0.29, 0.717) is 0 Å². The van der Waals surface area contributed by atoms with Crippen LogP contribution in [0.15, 0.2) is 0 Å². The van der Waals surface area contributed by atoms with E-state index in [-0.39, 0.29) is 57.0 Å². The van der Waals surface area contributed by atoms with Crippen LogP contribution in [0.2, 0.25) is 0 Å². The second-order valence-electron chi connectivity index (χ2n) is 0. The number of rotatable bonds is 0. The summed E-state index contributed by atoms with van der Waals surface area (Å²) in [5.41, 5.74) is 0. The molecule has 17 heavy (non-hydrogen) atoms. The summed E-state index contributed by atoms with van der Waals surface area (Å²) < 4.78 is 0. The Hall–Kier alpha value is 0.532. The maximum Gasteiger partial charge on any atom is 0 e. The van der Waals surface area contributed by atoms with Crippen molar-refractivity contribution in [2.75, 3.05) is 0 Å². The van der Waals surface area contributed by atoms with E-state index in [2.05, 4.69) is 58.4 Å². The topological polar surface area (TPSA) is 364 Å². The number of nitrogens with two attached hydrogens (primary N) is 11. The summed E-state index contributed by atoms with van der Waals surface area (Å²) in [4.78, 5) is 0. The zero-order chi connectivity index (χ0) is 12.0. The zero-order valence-corrected chi connectivity index (χ0v) is 14.4. The molecule has 0 radical (unpaired) electrons. The van der Waals surface area contributed by atoms with Crippen molar-refractivity contribution in [3.05, 3.63) is 6.15 Å². The average Bonchev–Trinajstić information content (AvgIpc) is 2.33. The summed E-state index contributed by atoms with van der Waals surface area (Å²) in [6.07, 6.45) is 0. The van der Waals surface area contributed by atoms with Crippen molar-refractivity contribution in [1.29, 1.82) is 0 Å². The molecule has 0 amide bonds. The molecule has 0 aliphatic heterocycles. The van der Waals surface area contributed by atoms with Crippen molar-refractivity contribution < 1.29 is 31.1 Å². The molecule has 28 N–H and O–H groups in total. The molecule has 120 valence electrons. The van der Waals surface area contributed by atoms with Crippen LogP contribution in [0.1, 0.15) is 21.3 Å². The summed E-state index contributed by atoms with van der Waals surface area (Å²) in [6, 6.07) is 0. The minimum Gasteiger partial charge on any atom is -0.693 e. The van der Waals surface area contributed by atoms with E-state index in [1.54, 1.807) is 0 Å². The predicted molar refractivity (Wildman–Crippen MR) is 75.3 cm³/mol. The third kappa shape index (κ3) is 12300. The van der Waals surface area contributed by atoms with Gasteiger partial charge in [-0.1, -0.05) is 21.3 Å². The summed E-state index contributed by atoms with van der Waals surface area (Å²) in [5, 5.41) is 0. The molecule has 14 heteroatoms. The summed E-state index contributed by atoms with van der Waals surface area (Å²) in [5.74, 6) is 40.0. The van der Waals surface area contributed by atoms with E-state index in [1.165, 1.54) is 0 Å². The third-order valence-electron chi connectivity index (χ3n) is 0. The monoisotopic (exact) mass is 494 g/mol. The van der Waals surface area contributed by atoms with Crippen LogP contribution >= 0.6 is 0 Å². The van der Waals surface area contributed by atoms with E-state index >= 15 is 0 Å². The zero-order valence-electron chi connectivity index (χ0n) is 10.3. The summed E-state index contributed by atoms with van der Waals surface area (Å²) >= 11 is 0. The fourth-order valence-electron chi connectivity index (χ4n) is 0. The first-order valence-corrected chi connectivity index (χ1v) is 2.67. The van der Waals surface area contributed by atoms with E-state index in [9.17, 15) is 0 Å². The molecule has 0 aliphatic rings. The Labute approximate surface area is 129 Å². The Morgan fingerprint density at radius 2 is 0.471 bits per heavy atom. The Bertz CT molecular complexity index is 16.6. The number of hydrogen-bond acceptors (Lipinski definition) is 12. The van der Waals surface area contributed by atoms with Gasteiger partial charge in [-0.25, -0.2) is 0 Å². The van der Waals surface area contributed by atoms with E-state index in [4.69, 9.17) is 0 Å². The molecule has 13 nitrogen and oxygen atoms in total. The third-order valence-corrected chi connectivity index (χ3v) is 0. The molecule has 0 saturated heterocycles. The van der Waals surface area contributed by atoms with Crippen LogP contribution in [-0.4, -0.2) is 0 Å². The Morgan fingerprint density at radius 1 is 0.471 bits per heavy atom. The molecule has 0 fully saturated rings. The minimum absolute atomic E-state index is 0. The first-order chi connectivity index (χ1) is 6.00. The molecule has 0 rings (SSSR count). The molecule has 0 aliphatic carbocycles. The fourth-order valence-corrected chi connectivity index (χ4v) is 0. The van der Waals surface area contributed by atoms with Gasteiger partial charge in [-0.15, -0.1) is 0 Å². The molecular formula is C3H38N13U-. The molecule has 0 heterocycles.